The molecular formula is C11H12ClN3O2. The third-order valence-electron chi connectivity index (χ3n) is 2.28. The highest BCUT2D eigenvalue weighted by atomic mass is 35.5. The topological polar surface area (TPSA) is 61.0 Å². The second-order valence-corrected chi connectivity index (χ2v) is 3.92. The summed E-state index contributed by atoms with van der Waals surface area (Å²) in [7, 11) is 1.54. The molecule has 0 radical (unpaired) electrons. The molecule has 0 saturated carbocycles. The van der Waals surface area contributed by atoms with Crippen molar-refractivity contribution < 1.29 is 9.26 Å². The monoisotopic (exact) mass is 253 g/mol. The number of rotatable bonds is 4. The van der Waals surface area contributed by atoms with Crippen molar-refractivity contribution in [1.29, 1.82) is 0 Å². The van der Waals surface area contributed by atoms with Crippen LogP contribution in [-0.2, 0) is 0 Å². The van der Waals surface area contributed by atoms with E-state index in [0.29, 0.717) is 23.2 Å². The highest BCUT2D eigenvalue weighted by Gasteiger charge is 2.17. The summed E-state index contributed by atoms with van der Waals surface area (Å²) < 4.78 is 10.3. The summed E-state index contributed by atoms with van der Waals surface area (Å²) in [4.78, 5) is 8.29. The van der Waals surface area contributed by atoms with Crippen molar-refractivity contribution in [2.24, 2.45) is 0 Å². The molecule has 2 heterocycles. The molecule has 2 rings (SSSR count). The molecule has 17 heavy (non-hydrogen) atoms. The number of methoxy groups -OCH3 is 1. The van der Waals surface area contributed by atoms with E-state index in [-0.39, 0.29) is 5.38 Å². The van der Waals surface area contributed by atoms with Gasteiger partial charge in [-0.25, -0.2) is 4.98 Å². The predicted octanol–water partition coefficient (Wildman–Crippen LogP) is 2.83. The van der Waals surface area contributed by atoms with Gasteiger partial charge < -0.3 is 9.26 Å². The summed E-state index contributed by atoms with van der Waals surface area (Å²) in [6.45, 7) is 1.96. The predicted molar refractivity (Wildman–Crippen MR) is 63.0 cm³/mol. The van der Waals surface area contributed by atoms with Crippen LogP contribution in [-0.4, -0.2) is 22.2 Å². The summed E-state index contributed by atoms with van der Waals surface area (Å²) in [6, 6.07) is 3.58. The number of aromatic nitrogens is 3. The first-order valence-electron chi connectivity index (χ1n) is 5.23. The van der Waals surface area contributed by atoms with Gasteiger partial charge in [0.05, 0.1) is 12.5 Å². The minimum absolute atomic E-state index is 0.241. The van der Waals surface area contributed by atoms with Crippen LogP contribution in [0.4, 0.5) is 0 Å². The van der Waals surface area contributed by atoms with Gasteiger partial charge in [-0.2, -0.15) is 4.98 Å². The Balaban J connectivity index is 2.37. The maximum atomic E-state index is 6.03. The number of pyridine rings is 1. The van der Waals surface area contributed by atoms with Gasteiger partial charge in [0.1, 0.15) is 5.56 Å². The van der Waals surface area contributed by atoms with E-state index in [1.807, 2.05) is 6.92 Å². The molecule has 0 aromatic carbocycles. The second kappa shape index (κ2) is 5.14. The standard InChI is InChI=1S/C11H12ClN3O2/c1-3-8(12)9-14-11(17-15-9)7-5-4-6-13-10(7)16-2/h4-6,8H,3H2,1-2H3. The number of hydrogen-bond donors (Lipinski definition) is 0. The van der Waals surface area contributed by atoms with Crippen molar-refractivity contribution in [2.45, 2.75) is 18.7 Å². The quantitative estimate of drug-likeness (QED) is 0.784. The van der Waals surface area contributed by atoms with E-state index in [2.05, 4.69) is 15.1 Å². The van der Waals surface area contributed by atoms with Crippen molar-refractivity contribution >= 4 is 11.6 Å². The third kappa shape index (κ3) is 2.39. The van der Waals surface area contributed by atoms with E-state index in [0.717, 1.165) is 6.42 Å². The van der Waals surface area contributed by atoms with Crippen molar-refractivity contribution in [3.8, 4) is 17.3 Å². The van der Waals surface area contributed by atoms with E-state index in [1.165, 1.54) is 0 Å². The van der Waals surface area contributed by atoms with Gasteiger partial charge in [0, 0.05) is 6.20 Å². The Kier molecular flexibility index (Phi) is 3.58. The van der Waals surface area contributed by atoms with Gasteiger partial charge in [-0.15, -0.1) is 11.6 Å². The maximum Gasteiger partial charge on any atom is 0.263 e. The van der Waals surface area contributed by atoms with Crippen molar-refractivity contribution in [3.63, 3.8) is 0 Å². The highest BCUT2D eigenvalue weighted by molar-refractivity contribution is 6.20. The summed E-state index contributed by atoms with van der Waals surface area (Å²) in [6.07, 6.45) is 2.38. The van der Waals surface area contributed by atoms with E-state index in [4.69, 9.17) is 20.9 Å². The second-order valence-electron chi connectivity index (χ2n) is 3.39. The molecule has 0 N–H and O–H groups in total. The van der Waals surface area contributed by atoms with E-state index >= 15 is 0 Å². The Morgan fingerprint density at radius 1 is 1.53 bits per heavy atom. The lowest BCUT2D eigenvalue weighted by molar-refractivity contribution is 0.390. The van der Waals surface area contributed by atoms with Crippen LogP contribution in [0.2, 0.25) is 0 Å². The van der Waals surface area contributed by atoms with Gasteiger partial charge in [0.2, 0.25) is 5.88 Å². The lowest BCUT2D eigenvalue weighted by Gasteiger charge is -2.01. The largest absolute Gasteiger partial charge is 0.480 e. The normalized spacial score (nSPS) is 12.4. The number of halogens is 1. The van der Waals surface area contributed by atoms with Crippen molar-refractivity contribution in [3.05, 3.63) is 24.2 Å². The Labute approximate surface area is 104 Å². The van der Waals surface area contributed by atoms with E-state index in [9.17, 15) is 0 Å². The molecule has 0 saturated heterocycles. The molecule has 0 amide bonds. The average Bonchev–Trinajstić information content (AvgIpc) is 2.87. The van der Waals surface area contributed by atoms with Crippen LogP contribution in [0.3, 0.4) is 0 Å². The molecule has 0 spiro atoms. The lowest BCUT2D eigenvalue weighted by atomic mass is 10.2. The lowest BCUT2D eigenvalue weighted by Crippen LogP contribution is -1.92. The summed E-state index contributed by atoms with van der Waals surface area (Å²) in [5.41, 5.74) is 0.661. The zero-order chi connectivity index (χ0) is 12.3. The molecule has 0 bridgehead atoms. The van der Waals surface area contributed by atoms with Crippen molar-refractivity contribution in [2.75, 3.05) is 7.11 Å². The van der Waals surface area contributed by atoms with Crippen LogP contribution in [0, 0.1) is 0 Å². The summed E-state index contributed by atoms with van der Waals surface area (Å²) >= 11 is 6.03. The van der Waals surface area contributed by atoms with E-state index in [1.54, 1.807) is 25.4 Å². The molecule has 1 atom stereocenters. The highest BCUT2D eigenvalue weighted by Crippen LogP contribution is 2.28. The van der Waals surface area contributed by atoms with Crippen LogP contribution in [0.1, 0.15) is 24.5 Å². The van der Waals surface area contributed by atoms with Gasteiger partial charge in [0.25, 0.3) is 5.89 Å². The third-order valence-corrected chi connectivity index (χ3v) is 2.78. The molecular weight excluding hydrogens is 242 g/mol. The first-order chi connectivity index (χ1) is 8.26. The zero-order valence-electron chi connectivity index (χ0n) is 9.55. The smallest absolute Gasteiger partial charge is 0.263 e. The van der Waals surface area contributed by atoms with Crippen LogP contribution in [0.25, 0.3) is 11.5 Å². The minimum Gasteiger partial charge on any atom is -0.480 e. The Morgan fingerprint density at radius 3 is 3.06 bits per heavy atom. The van der Waals surface area contributed by atoms with Crippen LogP contribution >= 0.6 is 11.6 Å². The zero-order valence-corrected chi connectivity index (χ0v) is 10.3. The molecule has 1 unspecified atom stereocenters. The van der Waals surface area contributed by atoms with Crippen LogP contribution in [0.5, 0.6) is 5.88 Å². The van der Waals surface area contributed by atoms with E-state index < -0.39 is 0 Å². The fourth-order valence-corrected chi connectivity index (χ4v) is 1.46. The summed E-state index contributed by atoms with van der Waals surface area (Å²) in [5.74, 6) is 1.30. The fraction of sp³-hybridized carbons (Fsp3) is 0.364. The molecule has 0 fully saturated rings. The molecule has 0 aliphatic heterocycles. The van der Waals surface area contributed by atoms with Gasteiger partial charge in [0.15, 0.2) is 5.82 Å². The number of nitrogens with zero attached hydrogens (tertiary/aromatic N) is 3. The maximum absolute atomic E-state index is 6.03. The minimum atomic E-state index is -0.241. The van der Waals surface area contributed by atoms with Gasteiger partial charge in [-0.3, -0.25) is 0 Å². The van der Waals surface area contributed by atoms with Crippen LogP contribution < -0.4 is 4.74 Å². The van der Waals surface area contributed by atoms with Gasteiger partial charge >= 0.3 is 0 Å². The molecule has 0 aliphatic carbocycles. The first-order valence-corrected chi connectivity index (χ1v) is 5.67. The Bertz CT molecular complexity index is 501. The fourth-order valence-electron chi connectivity index (χ4n) is 1.37. The van der Waals surface area contributed by atoms with Gasteiger partial charge in [-0.1, -0.05) is 12.1 Å². The number of hydrogen-bond acceptors (Lipinski definition) is 5. The molecule has 6 heteroatoms. The van der Waals surface area contributed by atoms with Gasteiger partial charge in [-0.05, 0) is 18.6 Å². The molecule has 5 nitrogen and oxygen atoms in total. The first kappa shape index (κ1) is 11.9. The SMILES string of the molecule is CCC(Cl)c1noc(-c2cccnc2OC)n1. The molecule has 2 aromatic rings. The Morgan fingerprint density at radius 2 is 2.35 bits per heavy atom. The van der Waals surface area contributed by atoms with Crippen molar-refractivity contribution in [1.82, 2.24) is 15.1 Å². The average molecular weight is 254 g/mol. The Hall–Kier alpha value is -1.62. The molecule has 0 aliphatic rings. The van der Waals surface area contributed by atoms with Crippen LogP contribution in [0.15, 0.2) is 22.9 Å². The molecule has 90 valence electrons. The summed E-state index contributed by atoms with van der Waals surface area (Å²) in [5, 5.41) is 3.60. The number of alkyl halides is 1. The molecule has 2 aromatic heterocycles. The number of ether oxygens (including phenoxy) is 1.